The molecule has 0 saturated carbocycles. The van der Waals surface area contributed by atoms with Crippen LogP contribution in [0.15, 0.2) is 40.4 Å². The molecule has 1 aliphatic rings. The van der Waals surface area contributed by atoms with Crippen LogP contribution in [0.2, 0.25) is 0 Å². The van der Waals surface area contributed by atoms with E-state index >= 15 is 0 Å². The third-order valence-corrected chi connectivity index (χ3v) is 3.45. The molecule has 0 radical (unpaired) electrons. The SMILES string of the molecule is BrCC1=CCOC1c1ccc(Br)cc1. The molecule has 2 rings (SSSR count). The number of rotatable bonds is 2. The first kappa shape index (κ1) is 10.4. The van der Waals surface area contributed by atoms with Crippen LogP contribution in [0.4, 0.5) is 0 Å². The van der Waals surface area contributed by atoms with Gasteiger partial charge in [-0.3, -0.25) is 0 Å². The Balaban J connectivity index is 2.23. The van der Waals surface area contributed by atoms with Gasteiger partial charge in [0.1, 0.15) is 6.10 Å². The maximum atomic E-state index is 5.64. The van der Waals surface area contributed by atoms with Gasteiger partial charge < -0.3 is 4.74 Å². The van der Waals surface area contributed by atoms with Gasteiger partial charge >= 0.3 is 0 Å². The number of halogens is 2. The smallest absolute Gasteiger partial charge is 0.105 e. The Morgan fingerprint density at radius 1 is 1.29 bits per heavy atom. The summed E-state index contributed by atoms with van der Waals surface area (Å²) in [4.78, 5) is 0. The molecule has 1 aromatic rings. The second-order valence-corrected chi connectivity index (χ2v) is 4.65. The summed E-state index contributed by atoms with van der Waals surface area (Å²) in [7, 11) is 0. The van der Waals surface area contributed by atoms with Crippen LogP contribution in [0.5, 0.6) is 0 Å². The highest BCUT2D eigenvalue weighted by molar-refractivity contribution is 9.10. The van der Waals surface area contributed by atoms with Crippen molar-refractivity contribution in [2.45, 2.75) is 6.10 Å². The molecule has 0 bridgehead atoms. The molecule has 0 fully saturated rings. The largest absolute Gasteiger partial charge is 0.365 e. The first-order valence-corrected chi connectivity index (χ1v) is 6.34. The lowest BCUT2D eigenvalue weighted by Gasteiger charge is -2.13. The molecule has 0 spiro atoms. The van der Waals surface area contributed by atoms with Crippen molar-refractivity contribution in [1.29, 1.82) is 0 Å². The molecule has 0 saturated heterocycles. The molecule has 0 aliphatic carbocycles. The fourth-order valence-electron chi connectivity index (χ4n) is 1.54. The zero-order valence-electron chi connectivity index (χ0n) is 7.54. The van der Waals surface area contributed by atoms with Crippen molar-refractivity contribution in [3.8, 4) is 0 Å². The Labute approximate surface area is 100 Å². The molecule has 0 amide bonds. The maximum Gasteiger partial charge on any atom is 0.105 e. The van der Waals surface area contributed by atoms with Gasteiger partial charge in [-0.1, -0.05) is 50.1 Å². The van der Waals surface area contributed by atoms with E-state index in [9.17, 15) is 0 Å². The topological polar surface area (TPSA) is 9.23 Å². The summed E-state index contributed by atoms with van der Waals surface area (Å²) < 4.78 is 6.75. The van der Waals surface area contributed by atoms with E-state index in [0.717, 1.165) is 16.4 Å². The summed E-state index contributed by atoms with van der Waals surface area (Å²) in [6.45, 7) is 0.724. The first-order valence-electron chi connectivity index (χ1n) is 4.43. The quantitative estimate of drug-likeness (QED) is 0.595. The van der Waals surface area contributed by atoms with Gasteiger partial charge in [0.2, 0.25) is 0 Å². The van der Waals surface area contributed by atoms with Crippen LogP contribution < -0.4 is 0 Å². The molecule has 0 aromatic heterocycles. The molecular formula is C11H10Br2O. The van der Waals surface area contributed by atoms with Crippen molar-refractivity contribution in [2.75, 3.05) is 11.9 Å². The first-order chi connectivity index (χ1) is 6.81. The molecule has 14 heavy (non-hydrogen) atoms. The van der Waals surface area contributed by atoms with Crippen LogP contribution >= 0.6 is 31.9 Å². The minimum atomic E-state index is 0.141. The highest BCUT2D eigenvalue weighted by Crippen LogP contribution is 2.31. The maximum absolute atomic E-state index is 5.64. The Morgan fingerprint density at radius 2 is 2.00 bits per heavy atom. The Hall–Kier alpha value is -0.120. The summed E-state index contributed by atoms with van der Waals surface area (Å²) in [6, 6.07) is 8.28. The average Bonchev–Trinajstić information content (AvgIpc) is 2.67. The number of benzene rings is 1. The lowest BCUT2D eigenvalue weighted by atomic mass is 10.0. The Morgan fingerprint density at radius 3 is 2.64 bits per heavy atom. The second kappa shape index (κ2) is 4.60. The third-order valence-electron chi connectivity index (χ3n) is 2.27. The molecule has 1 aromatic carbocycles. The molecule has 1 aliphatic heterocycles. The lowest BCUT2D eigenvalue weighted by Crippen LogP contribution is -2.01. The van der Waals surface area contributed by atoms with Crippen LogP contribution in [-0.4, -0.2) is 11.9 Å². The minimum absolute atomic E-state index is 0.141. The van der Waals surface area contributed by atoms with Crippen LogP contribution in [0, 0.1) is 0 Å². The predicted molar refractivity (Wildman–Crippen MR) is 64.7 cm³/mol. The number of ether oxygens (including phenoxy) is 1. The van der Waals surface area contributed by atoms with E-state index in [1.54, 1.807) is 0 Å². The zero-order valence-corrected chi connectivity index (χ0v) is 10.7. The van der Waals surface area contributed by atoms with Crippen molar-refractivity contribution in [3.63, 3.8) is 0 Å². The fourth-order valence-corrected chi connectivity index (χ4v) is 2.33. The molecule has 1 unspecified atom stereocenters. The molecule has 0 N–H and O–H groups in total. The fraction of sp³-hybridized carbons (Fsp3) is 0.273. The van der Waals surface area contributed by atoms with Crippen molar-refractivity contribution >= 4 is 31.9 Å². The summed E-state index contributed by atoms with van der Waals surface area (Å²) >= 11 is 6.89. The molecule has 3 heteroatoms. The van der Waals surface area contributed by atoms with Crippen molar-refractivity contribution < 1.29 is 4.74 Å². The lowest BCUT2D eigenvalue weighted by molar-refractivity contribution is 0.123. The van der Waals surface area contributed by atoms with Gasteiger partial charge in [-0.05, 0) is 23.3 Å². The van der Waals surface area contributed by atoms with E-state index < -0.39 is 0 Å². The highest BCUT2D eigenvalue weighted by Gasteiger charge is 2.20. The van der Waals surface area contributed by atoms with Gasteiger partial charge in [-0.25, -0.2) is 0 Å². The van der Waals surface area contributed by atoms with Crippen molar-refractivity contribution in [3.05, 3.63) is 46.0 Å². The standard InChI is InChI=1S/C11H10Br2O/c12-7-9-5-6-14-11(9)8-1-3-10(13)4-2-8/h1-5,11H,6-7H2. The highest BCUT2D eigenvalue weighted by atomic mass is 79.9. The van der Waals surface area contributed by atoms with E-state index in [2.05, 4.69) is 50.1 Å². The number of hydrogen-bond acceptors (Lipinski definition) is 1. The van der Waals surface area contributed by atoms with E-state index in [1.165, 1.54) is 11.1 Å². The van der Waals surface area contributed by atoms with Gasteiger partial charge in [0.15, 0.2) is 0 Å². The number of hydrogen-bond donors (Lipinski definition) is 0. The molecule has 1 atom stereocenters. The molecular weight excluding hydrogens is 308 g/mol. The van der Waals surface area contributed by atoms with Crippen LogP contribution in [0.3, 0.4) is 0 Å². The molecule has 1 heterocycles. The average molecular weight is 318 g/mol. The summed E-state index contributed by atoms with van der Waals surface area (Å²) in [5.41, 5.74) is 2.53. The summed E-state index contributed by atoms with van der Waals surface area (Å²) in [6.07, 6.45) is 2.28. The summed E-state index contributed by atoms with van der Waals surface area (Å²) in [5.74, 6) is 0. The van der Waals surface area contributed by atoms with E-state index in [-0.39, 0.29) is 6.10 Å². The Kier molecular flexibility index (Phi) is 3.42. The molecule has 1 nitrogen and oxygen atoms in total. The summed E-state index contributed by atoms with van der Waals surface area (Å²) in [5, 5.41) is 0.883. The van der Waals surface area contributed by atoms with Gasteiger partial charge in [-0.2, -0.15) is 0 Å². The van der Waals surface area contributed by atoms with Gasteiger partial charge in [0.05, 0.1) is 6.61 Å². The van der Waals surface area contributed by atoms with Crippen LogP contribution in [0.25, 0.3) is 0 Å². The van der Waals surface area contributed by atoms with Crippen LogP contribution in [-0.2, 0) is 4.74 Å². The zero-order chi connectivity index (χ0) is 9.97. The van der Waals surface area contributed by atoms with Crippen molar-refractivity contribution in [1.82, 2.24) is 0 Å². The second-order valence-electron chi connectivity index (χ2n) is 3.18. The monoisotopic (exact) mass is 316 g/mol. The van der Waals surface area contributed by atoms with Gasteiger partial charge in [-0.15, -0.1) is 0 Å². The predicted octanol–water partition coefficient (Wildman–Crippen LogP) is 3.84. The Bertz CT molecular complexity index is 343. The van der Waals surface area contributed by atoms with E-state index in [0.29, 0.717) is 0 Å². The molecule has 74 valence electrons. The normalized spacial score (nSPS) is 21.0. The van der Waals surface area contributed by atoms with Gasteiger partial charge in [0, 0.05) is 9.80 Å². The van der Waals surface area contributed by atoms with Crippen molar-refractivity contribution in [2.24, 2.45) is 0 Å². The van der Waals surface area contributed by atoms with E-state index in [1.807, 2.05) is 12.1 Å². The van der Waals surface area contributed by atoms with Gasteiger partial charge in [0.25, 0.3) is 0 Å². The third kappa shape index (κ3) is 2.10. The minimum Gasteiger partial charge on any atom is -0.365 e. The van der Waals surface area contributed by atoms with Crippen LogP contribution in [0.1, 0.15) is 11.7 Å². The van der Waals surface area contributed by atoms with E-state index in [4.69, 9.17) is 4.74 Å². The number of alkyl halides is 1.